The van der Waals surface area contributed by atoms with E-state index in [1.54, 1.807) is 42.5 Å². The fraction of sp³-hybridized carbons (Fsp3) is 0.0870. The molecule has 0 aliphatic rings. The van der Waals surface area contributed by atoms with Gasteiger partial charge in [0, 0.05) is 9.13 Å². The van der Waals surface area contributed by atoms with Crippen LogP contribution in [0.4, 0.5) is 0 Å². The number of benzene rings is 3. The third-order valence-corrected chi connectivity index (χ3v) is 4.92. The number of carboxylic acids is 1. The summed E-state index contributed by atoms with van der Waals surface area (Å²) in [6.45, 7) is 0.260. The van der Waals surface area contributed by atoms with Crippen molar-refractivity contribution in [1.29, 1.82) is 0 Å². The molecule has 0 spiro atoms. The standard InChI is InChI=1S/C23H19IN2O5/c1-30-21-11-16(13-25-26-22(27)18-3-2-4-19(24)12-18)7-10-20(21)31-14-15-5-8-17(9-6-15)23(28)29/h2-13H,14H2,1H3,(H,26,27)(H,28,29)/b25-13-. The highest BCUT2D eigenvalue weighted by molar-refractivity contribution is 14.1. The number of aromatic carboxylic acids is 1. The molecular weight excluding hydrogens is 511 g/mol. The number of nitrogens with zero attached hydrogens (tertiary/aromatic N) is 1. The van der Waals surface area contributed by atoms with Crippen molar-refractivity contribution in [3.05, 3.63) is 92.6 Å². The van der Waals surface area contributed by atoms with Gasteiger partial charge in [0.2, 0.25) is 0 Å². The molecule has 0 fully saturated rings. The predicted octanol–water partition coefficient (Wildman–Crippen LogP) is 4.34. The van der Waals surface area contributed by atoms with Crippen LogP contribution in [-0.2, 0) is 6.61 Å². The number of hydrogen-bond acceptors (Lipinski definition) is 5. The fourth-order valence-corrected chi connectivity index (χ4v) is 3.19. The molecule has 31 heavy (non-hydrogen) atoms. The van der Waals surface area contributed by atoms with Gasteiger partial charge in [-0.2, -0.15) is 5.10 Å². The molecule has 0 atom stereocenters. The van der Waals surface area contributed by atoms with Gasteiger partial charge < -0.3 is 14.6 Å². The summed E-state index contributed by atoms with van der Waals surface area (Å²) >= 11 is 2.14. The maximum atomic E-state index is 12.1. The number of carbonyl (C=O) groups is 2. The molecule has 1 amide bonds. The Labute approximate surface area is 192 Å². The molecule has 0 aromatic heterocycles. The summed E-state index contributed by atoms with van der Waals surface area (Å²) in [6.07, 6.45) is 1.52. The lowest BCUT2D eigenvalue weighted by molar-refractivity contribution is 0.0696. The van der Waals surface area contributed by atoms with Crippen LogP contribution in [0.5, 0.6) is 11.5 Å². The van der Waals surface area contributed by atoms with Crippen LogP contribution in [0.1, 0.15) is 31.8 Å². The van der Waals surface area contributed by atoms with Gasteiger partial charge >= 0.3 is 5.97 Å². The van der Waals surface area contributed by atoms with E-state index in [1.165, 1.54) is 25.5 Å². The molecule has 3 aromatic rings. The molecule has 0 aliphatic carbocycles. The molecule has 0 aliphatic heterocycles. The van der Waals surface area contributed by atoms with E-state index < -0.39 is 5.97 Å². The van der Waals surface area contributed by atoms with E-state index in [2.05, 4.69) is 33.1 Å². The Kier molecular flexibility index (Phi) is 7.60. The first-order chi connectivity index (χ1) is 15.0. The summed E-state index contributed by atoms with van der Waals surface area (Å²) in [5, 5.41) is 13.0. The van der Waals surface area contributed by atoms with Crippen molar-refractivity contribution in [2.75, 3.05) is 7.11 Å². The minimum Gasteiger partial charge on any atom is -0.493 e. The Morgan fingerprint density at radius 3 is 2.48 bits per heavy atom. The highest BCUT2D eigenvalue weighted by Gasteiger charge is 2.08. The highest BCUT2D eigenvalue weighted by Crippen LogP contribution is 2.28. The first-order valence-corrected chi connectivity index (χ1v) is 10.3. The lowest BCUT2D eigenvalue weighted by atomic mass is 10.1. The lowest BCUT2D eigenvalue weighted by Crippen LogP contribution is -2.17. The number of amides is 1. The van der Waals surface area contributed by atoms with Gasteiger partial charge in [-0.15, -0.1) is 0 Å². The van der Waals surface area contributed by atoms with Gasteiger partial charge in [0.1, 0.15) is 6.61 Å². The van der Waals surface area contributed by atoms with Crippen molar-refractivity contribution < 1.29 is 24.2 Å². The van der Waals surface area contributed by atoms with Crippen molar-refractivity contribution in [2.45, 2.75) is 6.61 Å². The first kappa shape index (κ1) is 22.3. The molecule has 158 valence electrons. The van der Waals surface area contributed by atoms with Gasteiger partial charge in [-0.3, -0.25) is 4.79 Å². The van der Waals surface area contributed by atoms with Crippen LogP contribution >= 0.6 is 22.6 Å². The summed E-state index contributed by atoms with van der Waals surface area (Å²) in [5.74, 6) is -0.225. The van der Waals surface area contributed by atoms with E-state index in [1.807, 2.05) is 12.1 Å². The van der Waals surface area contributed by atoms with Crippen molar-refractivity contribution in [3.8, 4) is 11.5 Å². The molecule has 7 nitrogen and oxygen atoms in total. The van der Waals surface area contributed by atoms with Crippen LogP contribution in [0, 0.1) is 3.57 Å². The Balaban J connectivity index is 1.61. The molecular formula is C23H19IN2O5. The van der Waals surface area contributed by atoms with Gasteiger partial charge in [0.15, 0.2) is 11.5 Å². The van der Waals surface area contributed by atoms with Crippen LogP contribution in [0.25, 0.3) is 0 Å². The third kappa shape index (κ3) is 6.29. The van der Waals surface area contributed by atoms with E-state index in [0.29, 0.717) is 17.1 Å². The number of nitrogens with one attached hydrogen (secondary N) is 1. The fourth-order valence-electron chi connectivity index (χ4n) is 2.65. The number of hydrazone groups is 1. The third-order valence-electron chi connectivity index (χ3n) is 4.25. The minimum atomic E-state index is -0.971. The topological polar surface area (TPSA) is 97.2 Å². The Bertz CT molecular complexity index is 1110. The van der Waals surface area contributed by atoms with Crippen LogP contribution in [0.2, 0.25) is 0 Å². The summed E-state index contributed by atoms with van der Waals surface area (Å²) in [5.41, 5.74) is 4.80. The van der Waals surface area contributed by atoms with E-state index in [-0.39, 0.29) is 18.1 Å². The van der Waals surface area contributed by atoms with Crippen molar-refractivity contribution in [3.63, 3.8) is 0 Å². The van der Waals surface area contributed by atoms with E-state index in [0.717, 1.165) is 14.7 Å². The molecule has 0 unspecified atom stereocenters. The highest BCUT2D eigenvalue weighted by atomic mass is 127. The average molecular weight is 530 g/mol. The van der Waals surface area contributed by atoms with Gasteiger partial charge in [-0.05, 0) is 82.2 Å². The van der Waals surface area contributed by atoms with E-state index >= 15 is 0 Å². The summed E-state index contributed by atoms with van der Waals surface area (Å²) < 4.78 is 12.1. The summed E-state index contributed by atoms with van der Waals surface area (Å²) in [6, 6.07) is 18.9. The van der Waals surface area contributed by atoms with Crippen molar-refractivity contribution >= 4 is 40.7 Å². The van der Waals surface area contributed by atoms with Crippen molar-refractivity contribution in [1.82, 2.24) is 5.43 Å². The maximum Gasteiger partial charge on any atom is 0.335 e. The number of hydrogen-bond donors (Lipinski definition) is 2. The monoisotopic (exact) mass is 530 g/mol. The summed E-state index contributed by atoms with van der Waals surface area (Å²) in [4.78, 5) is 23.1. The molecule has 0 radical (unpaired) electrons. The summed E-state index contributed by atoms with van der Waals surface area (Å²) in [7, 11) is 1.53. The van der Waals surface area contributed by atoms with Crippen LogP contribution in [0.15, 0.2) is 71.8 Å². The van der Waals surface area contributed by atoms with Gasteiger partial charge in [-0.25, -0.2) is 10.2 Å². The quantitative estimate of drug-likeness (QED) is 0.257. The Morgan fingerprint density at radius 1 is 1.03 bits per heavy atom. The number of ether oxygens (including phenoxy) is 2. The number of halogens is 1. The molecule has 3 aromatic carbocycles. The number of rotatable bonds is 8. The SMILES string of the molecule is COc1cc(/C=N\NC(=O)c2cccc(I)c2)ccc1OCc1ccc(C(=O)O)cc1. The molecule has 3 rings (SSSR count). The molecule has 0 bridgehead atoms. The zero-order valence-corrected chi connectivity index (χ0v) is 18.7. The maximum absolute atomic E-state index is 12.1. The molecule has 2 N–H and O–H groups in total. The van der Waals surface area contributed by atoms with E-state index in [9.17, 15) is 9.59 Å². The predicted molar refractivity (Wildman–Crippen MR) is 125 cm³/mol. The molecule has 0 saturated heterocycles. The molecule has 0 saturated carbocycles. The average Bonchev–Trinajstić information content (AvgIpc) is 2.78. The second-order valence-corrected chi connectivity index (χ2v) is 7.66. The minimum absolute atomic E-state index is 0.221. The largest absolute Gasteiger partial charge is 0.493 e. The second kappa shape index (κ2) is 10.6. The Hall–Kier alpha value is -3.40. The van der Waals surface area contributed by atoms with E-state index in [4.69, 9.17) is 14.6 Å². The number of carbonyl (C=O) groups excluding carboxylic acids is 1. The van der Waals surface area contributed by atoms with Crippen LogP contribution in [-0.4, -0.2) is 30.3 Å². The molecule has 0 heterocycles. The normalized spacial score (nSPS) is 10.6. The molecule has 8 heteroatoms. The van der Waals surface area contributed by atoms with Gasteiger partial charge in [-0.1, -0.05) is 18.2 Å². The van der Waals surface area contributed by atoms with Gasteiger partial charge in [0.05, 0.1) is 18.9 Å². The smallest absolute Gasteiger partial charge is 0.335 e. The number of carboxylic acid groups (broad SMARTS) is 1. The van der Waals surface area contributed by atoms with Crippen LogP contribution in [0.3, 0.4) is 0 Å². The lowest BCUT2D eigenvalue weighted by Gasteiger charge is -2.11. The van der Waals surface area contributed by atoms with Crippen LogP contribution < -0.4 is 14.9 Å². The zero-order chi connectivity index (χ0) is 22.2. The number of methoxy groups -OCH3 is 1. The van der Waals surface area contributed by atoms with Crippen molar-refractivity contribution in [2.24, 2.45) is 5.10 Å². The second-order valence-electron chi connectivity index (χ2n) is 6.41. The van der Waals surface area contributed by atoms with Gasteiger partial charge in [0.25, 0.3) is 5.91 Å². The zero-order valence-electron chi connectivity index (χ0n) is 16.5. The first-order valence-electron chi connectivity index (χ1n) is 9.18. The Morgan fingerprint density at radius 2 is 1.81 bits per heavy atom.